The maximum atomic E-state index is 11.8. The van der Waals surface area contributed by atoms with E-state index in [1.54, 1.807) is 0 Å². The third-order valence-corrected chi connectivity index (χ3v) is 5.02. The third-order valence-electron chi connectivity index (χ3n) is 4.12. The number of carbonyl (C=O) groups is 1. The summed E-state index contributed by atoms with van der Waals surface area (Å²) in [5.41, 5.74) is 1.38. The Hall–Kier alpha value is -1.00. The Labute approximate surface area is 138 Å². The van der Waals surface area contributed by atoms with Crippen LogP contribution in [0.4, 0.5) is 0 Å². The van der Waals surface area contributed by atoms with Crippen LogP contribution in [0.5, 0.6) is 0 Å². The minimum absolute atomic E-state index is 0.209. The first-order valence-corrected chi connectivity index (χ1v) is 9.54. The summed E-state index contributed by atoms with van der Waals surface area (Å²) in [5, 5.41) is 3.12. The standard InChI is InChI=1S/C18H28N2OS/c1-2-22-12-10-18(21)19-13-17-9-6-11-20(15-17)14-16-7-4-3-5-8-16/h3-5,7-8,17H,2,6,9-15H2,1H3,(H,19,21)/t17-/m1/s1. The number of hydrogen-bond donors (Lipinski definition) is 1. The molecular weight excluding hydrogens is 292 g/mol. The SMILES string of the molecule is CCSCCC(=O)NC[C@H]1CCCN(Cc2ccccc2)C1. The Morgan fingerprint density at radius 1 is 1.36 bits per heavy atom. The van der Waals surface area contributed by atoms with E-state index in [4.69, 9.17) is 0 Å². The van der Waals surface area contributed by atoms with E-state index in [0.717, 1.165) is 31.1 Å². The van der Waals surface area contributed by atoms with Gasteiger partial charge in [-0.2, -0.15) is 11.8 Å². The van der Waals surface area contributed by atoms with Gasteiger partial charge in [-0.25, -0.2) is 0 Å². The lowest BCUT2D eigenvalue weighted by Crippen LogP contribution is -2.40. The van der Waals surface area contributed by atoms with Gasteiger partial charge in [-0.1, -0.05) is 37.3 Å². The summed E-state index contributed by atoms with van der Waals surface area (Å²) in [5.74, 6) is 2.83. The zero-order valence-electron chi connectivity index (χ0n) is 13.6. The van der Waals surface area contributed by atoms with Crippen LogP contribution in [0.1, 0.15) is 31.7 Å². The minimum Gasteiger partial charge on any atom is -0.356 e. The smallest absolute Gasteiger partial charge is 0.220 e. The number of carbonyl (C=O) groups excluding carboxylic acids is 1. The number of likely N-dealkylation sites (tertiary alicyclic amines) is 1. The van der Waals surface area contributed by atoms with E-state index in [0.29, 0.717) is 12.3 Å². The zero-order chi connectivity index (χ0) is 15.6. The van der Waals surface area contributed by atoms with Crippen LogP contribution >= 0.6 is 11.8 Å². The van der Waals surface area contributed by atoms with Gasteiger partial charge < -0.3 is 5.32 Å². The first-order chi connectivity index (χ1) is 10.8. The van der Waals surface area contributed by atoms with Crippen LogP contribution in [0.3, 0.4) is 0 Å². The summed E-state index contributed by atoms with van der Waals surface area (Å²) >= 11 is 1.83. The molecule has 0 saturated carbocycles. The second-order valence-electron chi connectivity index (χ2n) is 5.98. The van der Waals surface area contributed by atoms with Crippen molar-refractivity contribution in [2.45, 2.75) is 32.7 Å². The molecule has 1 aliphatic heterocycles. The quantitative estimate of drug-likeness (QED) is 0.747. The fraction of sp³-hybridized carbons (Fsp3) is 0.611. The highest BCUT2D eigenvalue weighted by molar-refractivity contribution is 7.99. The van der Waals surface area contributed by atoms with Crippen molar-refractivity contribution in [3.05, 3.63) is 35.9 Å². The minimum atomic E-state index is 0.209. The molecule has 1 atom stereocenters. The molecule has 0 aromatic heterocycles. The number of thioether (sulfide) groups is 1. The first kappa shape index (κ1) is 17.4. The van der Waals surface area contributed by atoms with Crippen molar-refractivity contribution in [2.75, 3.05) is 31.1 Å². The molecule has 1 heterocycles. The molecule has 1 saturated heterocycles. The maximum absolute atomic E-state index is 11.8. The molecule has 122 valence electrons. The van der Waals surface area contributed by atoms with Crippen molar-refractivity contribution in [1.29, 1.82) is 0 Å². The van der Waals surface area contributed by atoms with Gasteiger partial charge in [0.2, 0.25) is 5.91 Å². The summed E-state index contributed by atoms with van der Waals surface area (Å²) in [6, 6.07) is 10.7. The summed E-state index contributed by atoms with van der Waals surface area (Å²) in [6.45, 7) is 6.26. The number of rotatable bonds is 8. The Bertz CT molecular complexity index is 438. The van der Waals surface area contributed by atoms with Crippen LogP contribution < -0.4 is 5.32 Å². The molecule has 2 rings (SSSR count). The predicted octanol–water partition coefficient (Wildman–Crippen LogP) is 3.16. The predicted molar refractivity (Wildman–Crippen MR) is 95.1 cm³/mol. The van der Waals surface area contributed by atoms with Crippen LogP contribution in [-0.4, -0.2) is 41.9 Å². The molecule has 1 aromatic rings. The second-order valence-corrected chi connectivity index (χ2v) is 7.37. The summed E-state index contributed by atoms with van der Waals surface area (Å²) in [7, 11) is 0. The molecule has 0 spiro atoms. The van der Waals surface area contributed by atoms with Gasteiger partial charge in [-0.05, 0) is 36.6 Å². The molecular formula is C18H28N2OS. The highest BCUT2D eigenvalue weighted by atomic mass is 32.2. The van der Waals surface area contributed by atoms with E-state index in [1.807, 2.05) is 11.8 Å². The highest BCUT2D eigenvalue weighted by Crippen LogP contribution is 2.18. The Morgan fingerprint density at radius 3 is 2.95 bits per heavy atom. The van der Waals surface area contributed by atoms with Crippen molar-refractivity contribution in [1.82, 2.24) is 10.2 Å². The molecule has 0 aliphatic carbocycles. The topological polar surface area (TPSA) is 32.3 Å². The number of benzene rings is 1. The van der Waals surface area contributed by atoms with Gasteiger partial charge in [-0.3, -0.25) is 9.69 Å². The second kappa shape index (κ2) is 9.90. The van der Waals surface area contributed by atoms with E-state index >= 15 is 0 Å². The van der Waals surface area contributed by atoms with Crippen LogP contribution in [0.2, 0.25) is 0 Å². The lowest BCUT2D eigenvalue weighted by molar-refractivity contribution is -0.120. The monoisotopic (exact) mass is 320 g/mol. The number of amides is 1. The summed E-state index contributed by atoms with van der Waals surface area (Å²) in [6.07, 6.45) is 3.12. The van der Waals surface area contributed by atoms with Gasteiger partial charge in [0.15, 0.2) is 0 Å². The summed E-state index contributed by atoms with van der Waals surface area (Å²) < 4.78 is 0. The lowest BCUT2D eigenvalue weighted by atomic mass is 9.97. The molecule has 1 aliphatic rings. The largest absolute Gasteiger partial charge is 0.356 e. The van der Waals surface area contributed by atoms with Gasteiger partial charge in [0.05, 0.1) is 0 Å². The van der Waals surface area contributed by atoms with Crippen LogP contribution in [0.15, 0.2) is 30.3 Å². The molecule has 0 unspecified atom stereocenters. The van der Waals surface area contributed by atoms with Crippen molar-refractivity contribution in [3.8, 4) is 0 Å². The third kappa shape index (κ3) is 6.41. The Morgan fingerprint density at radius 2 is 2.18 bits per heavy atom. The lowest BCUT2D eigenvalue weighted by Gasteiger charge is -2.32. The zero-order valence-corrected chi connectivity index (χ0v) is 14.4. The number of nitrogens with one attached hydrogen (secondary N) is 1. The van der Waals surface area contributed by atoms with Crippen molar-refractivity contribution < 1.29 is 4.79 Å². The van der Waals surface area contributed by atoms with Crippen molar-refractivity contribution >= 4 is 17.7 Å². The molecule has 4 heteroatoms. The van der Waals surface area contributed by atoms with E-state index < -0.39 is 0 Å². The van der Waals surface area contributed by atoms with E-state index in [9.17, 15) is 4.79 Å². The molecule has 0 radical (unpaired) electrons. The maximum Gasteiger partial charge on any atom is 0.220 e. The fourth-order valence-corrected chi connectivity index (χ4v) is 3.58. The van der Waals surface area contributed by atoms with Gasteiger partial charge >= 0.3 is 0 Å². The molecule has 1 amide bonds. The molecule has 1 aromatic carbocycles. The van der Waals surface area contributed by atoms with Crippen LogP contribution in [0, 0.1) is 5.92 Å². The molecule has 1 N–H and O–H groups in total. The van der Waals surface area contributed by atoms with Crippen molar-refractivity contribution in [3.63, 3.8) is 0 Å². The van der Waals surface area contributed by atoms with Crippen molar-refractivity contribution in [2.24, 2.45) is 5.92 Å². The van der Waals surface area contributed by atoms with E-state index in [2.05, 4.69) is 47.5 Å². The number of hydrogen-bond acceptors (Lipinski definition) is 3. The Kier molecular flexibility index (Phi) is 7.81. The molecule has 0 bridgehead atoms. The number of piperidine rings is 1. The van der Waals surface area contributed by atoms with Gasteiger partial charge in [0.25, 0.3) is 0 Å². The Balaban J connectivity index is 1.68. The van der Waals surface area contributed by atoms with Crippen LogP contribution in [0.25, 0.3) is 0 Å². The average Bonchev–Trinajstić information content (AvgIpc) is 2.55. The highest BCUT2D eigenvalue weighted by Gasteiger charge is 2.20. The number of nitrogens with zero attached hydrogens (tertiary/aromatic N) is 1. The molecule has 1 fully saturated rings. The normalized spacial score (nSPS) is 19.0. The summed E-state index contributed by atoms with van der Waals surface area (Å²) in [4.78, 5) is 14.3. The van der Waals surface area contributed by atoms with E-state index in [-0.39, 0.29) is 5.91 Å². The molecule has 22 heavy (non-hydrogen) atoms. The first-order valence-electron chi connectivity index (χ1n) is 8.38. The van der Waals surface area contributed by atoms with Gasteiger partial charge in [0, 0.05) is 31.8 Å². The fourth-order valence-electron chi connectivity index (χ4n) is 2.96. The van der Waals surface area contributed by atoms with E-state index in [1.165, 1.54) is 24.9 Å². The average molecular weight is 321 g/mol. The van der Waals surface area contributed by atoms with Gasteiger partial charge in [0.1, 0.15) is 0 Å². The van der Waals surface area contributed by atoms with Gasteiger partial charge in [-0.15, -0.1) is 0 Å². The molecule has 3 nitrogen and oxygen atoms in total. The van der Waals surface area contributed by atoms with Crippen LogP contribution in [-0.2, 0) is 11.3 Å².